The molecule has 2 N–H and O–H groups in total. The van der Waals surface area contributed by atoms with Crippen molar-refractivity contribution in [1.82, 2.24) is 0 Å². The molecule has 86 valence electrons. The number of benzene rings is 1. The van der Waals surface area contributed by atoms with Crippen molar-refractivity contribution in [1.29, 1.82) is 0 Å². The van der Waals surface area contributed by atoms with Gasteiger partial charge >= 0.3 is 0 Å². The summed E-state index contributed by atoms with van der Waals surface area (Å²) in [6, 6.07) is 6.47. The fourth-order valence-electron chi connectivity index (χ4n) is 2.49. The summed E-state index contributed by atoms with van der Waals surface area (Å²) in [5.41, 5.74) is 9.21. The molecule has 0 aromatic heterocycles. The van der Waals surface area contributed by atoms with Gasteiger partial charge in [0.25, 0.3) is 0 Å². The monoisotopic (exact) mass is 217 g/mol. The molecule has 1 aromatic rings. The molecule has 0 bridgehead atoms. The summed E-state index contributed by atoms with van der Waals surface area (Å²) in [7, 11) is 0. The molecule has 1 aliphatic rings. The van der Waals surface area contributed by atoms with Gasteiger partial charge in [-0.05, 0) is 49.7 Å². The van der Waals surface area contributed by atoms with E-state index in [1.807, 2.05) is 0 Å². The predicted octanol–water partition coefficient (Wildman–Crippen LogP) is 2.67. The van der Waals surface area contributed by atoms with Crippen LogP contribution in [0.15, 0.2) is 18.2 Å². The predicted molar refractivity (Wildman–Crippen MR) is 65.2 cm³/mol. The van der Waals surface area contributed by atoms with Crippen molar-refractivity contribution < 1.29 is 4.79 Å². The van der Waals surface area contributed by atoms with E-state index in [1.165, 1.54) is 29.5 Å². The van der Waals surface area contributed by atoms with Gasteiger partial charge in [-0.25, -0.2) is 0 Å². The van der Waals surface area contributed by atoms with Gasteiger partial charge in [0.1, 0.15) is 0 Å². The topological polar surface area (TPSA) is 43.1 Å². The van der Waals surface area contributed by atoms with Crippen LogP contribution >= 0.6 is 0 Å². The molecule has 0 heterocycles. The Morgan fingerprint density at radius 1 is 1.44 bits per heavy atom. The Bertz CT molecular complexity index is 407. The van der Waals surface area contributed by atoms with Gasteiger partial charge in [-0.2, -0.15) is 0 Å². The standard InChI is InChI=1S/C14H19NO/c1-9-3-6-12(10(2)7-9)13(8-14(15)16)11-4-5-11/h3,6-7,11,13H,4-5,8H2,1-2H3,(H2,15,16). The van der Waals surface area contributed by atoms with Crippen LogP contribution in [-0.2, 0) is 4.79 Å². The zero-order valence-electron chi connectivity index (χ0n) is 9.99. The highest BCUT2D eigenvalue weighted by Crippen LogP contribution is 2.45. The van der Waals surface area contributed by atoms with Gasteiger partial charge in [-0.3, -0.25) is 4.79 Å². The van der Waals surface area contributed by atoms with E-state index in [0.29, 0.717) is 18.3 Å². The summed E-state index contributed by atoms with van der Waals surface area (Å²) in [6.45, 7) is 4.22. The molecule has 2 rings (SSSR count). The number of aryl methyl sites for hydroxylation is 2. The molecule has 0 aliphatic heterocycles. The number of primary amides is 1. The second kappa shape index (κ2) is 4.28. The molecular weight excluding hydrogens is 198 g/mol. The van der Waals surface area contributed by atoms with E-state index in [2.05, 4.69) is 32.0 Å². The Morgan fingerprint density at radius 3 is 2.62 bits per heavy atom. The molecule has 1 amide bonds. The van der Waals surface area contributed by atoms with Crippen LogP contribution in [0.25, 0.3) is 0 Å². The highest BCUT2D eigenvalue weighted by molar-refractivity contribution is 5.75. The molecule has 1 atom stereocenters. The third kappa shape index (κ3) is 2.43. The maximum atomic E-state index is 11.1. The summed E-state index contributed by atoms with van der Waals surface area (Å²) in [5.74, 6) is 0.837. The van der Waals surface area contributed by atoms with Crippen LogP contribution in [0.4, 0.5) is 0 Å². The van der Waals surface area contributed by atoms with Crippen LogP contribution in [0, 0.1) is 19.8 Å². The van der Waals surface area contributed by atoms with Crippen LogP contribution in [0.3, 0.4) is 0 Å². The fourth-order valence-corrected chi connectivity index (χ4v) is 2.49. The molecule has 2 nitrogen and oxygen atoms in total. The van der Waals surface area contributed by atoms with Gasteiger partial charge in [0.2, 0.25) is 5.91 Å². The normalized spacial score (nSPS) is 17.1. The summed E-state index contributed by atoms with van der Waals surface area (Å²) in [6.07, 6.45) is 2.98. The number of hydrogen-bond donors (Lipinski definition) is 1. The third-order valence-electron chi connectivity index (χ3n) is 3.44. The zero-order valence-corrected chi connectivity index (χ0v) is 9.99. The number of carbonyl (C=O) groups excluding carboxylic acids is 1. The van der Waals surface area contributed by atoms with Gasteiger partial charge in [-0.1, -0.05) is 23.8 Å². The number of nitrogens with two attached hydrogens (primary N) is 1. The number of hydrogen-bond acceptors (Lipinski definition) is 1. The highest BCUT2D eigenvalue weighted by atomic mass is 16.1. The van der Waals surface area contributed by atoms with Gasteiger partial charge in [0, 0.05) is 6.42 Å². The molecule has 1 aliphatic carbocycles. The second-order valence-corrected chi connectivity index (χ2v) is 4.97. The van der Waals surface area contributed by atoms with Gasteiger partial charge in [-0.15, -0.1) is 0 Å². The smallest absolute Gasteiger partial charge is 0.218 e. The third-order valence-corrected chi connectivity index (χ3v) is 3.44. The lowest BCUT2D eigenvalue weighted by Crippen LogP contribution is -2.17. The van der Waals surface area contributed by atoms with Crippen LogP contribution in [-0.4, -0.2) is 5.91 Å². The Labute approximate surface area is 96.8 Å². The lowest BCUT2D eigenvalue weighted by molar-refractivity contribution is -0.118. The van der Waals surface area contributed by atoms with E-state index < -0.39 is 0 Å². The maximum absolute atomic E-state index is 11.1. The Morgan fingerprint density at radius 2 is 2.12 bits per heavy atom. The van der Waals surface area contributed by atoms with Crippen LogP contribution in [0.2, 0.25) is 0 Å². The van der Waals surface area contributed by atoms with E-state index >= 15 is 0 Å². The van der Waals surface area contributed by atoms with E-state index in [0.717, 1.165) is 0 Å². The largest absolute Gasteiger partial charge is 0.370 e. The van der Waals surface area contributed by atoms with Gasteiger partial charge in [0.15, 0.2) is 0 Å². The molecule has 1 fully saturated rings. The average molecular weight is 217 g/mol. The van der Waals surface area contributed by atoms with Crippen molar-refractivity contribution in [2.45, 2.75) is 39.0 Å². The first-order valence-corrected chi connectivity index (χ1v) is 5.93. The molecule has 2 heteroatoms. The average Bonchev–Trinajstić information content (AvgIpc) is 2.97. The van der Waals surface area contributed by atoms with E-state index in [4.69, 9.17) is 5.73 Å². The Hall–Kier alpha value is -1.31. The van der Waals surface area contributed by atoms with Gasteiger partial charge in [0.05, 0.1) is 0 Å². The molecule has 0 spiro atoms. The second-order valence-electron chi connectivity index (χ2n) is 4.97. The van der Waals surface area contributed by atoms with Crippen molar-refractivity contribution in [2.75, 3.05) is 0 Å². The van der Waals surface area contributed by atoms with E-state index in [-0.39, 0.29) is 5.91 Å². The fraction of sp³-hybridized carbons (Fsp3) is 0.500. The lowest BCUT2D eigenvalue weighted by atomic mass is 9.87. The summed E-state index contributed by atoms with van der Waals surface area (Å²) < 4.78 is 0. The molecular formula is C14H19NO. The van der Waals surface area contributed by atoms with Crippen molar-refractivity contribution in [3.8, 4) is 0 Å². The summed E-state index contributed by atoms with van der Waals surface area (Å²) in [4.78, 5) is 11.1. The quantitative estimate of drug-likeness (QED) is 0.827. The lowest BCUT2D eigenvalue weighted by Gasteiger charge is -2.17. The van der Waals surface area contributed by atoms with Gasteiger partial charge < -0.3 is 5.73 Å². The Kier molecular flexibility index (Phi) is 2.99. The summed E-state index contributed by atoms with van der Waals surface area (Å²) >= 11 is 0. The zero-order chi connectivity index (χ0) is 11.7. The van der Waals surface area contributed by atoms with Crippen molar-refractivity contribution in [3.63, 3.8) is 0 Å². The first-order chi connectivity index (χ1) is 7.58. The highest BCUT2D eigenvalue weighted by Gasteiger charge is 2.33. The summed E-state index contributed by atoms with van der Waals surface area (Å²) in [5, 5.41) is 0. The maximum Gasteiger partial charge on any atom is 0.218 e. The minimum Gasteiger partial charge on any atom is -0.370 e. The number of rotatable bonds is 4. The van der Waals surface area contributed by atoms with E-state index in [9.17, 15) is 4.79 Å². The Balaban J connectivity index is 2.27. The van der Waals surface area contributed by atoms with Crippen molar-refractivity contribution >= 4 is 5.91 Å². The number of carbonyl (C=O) groups is 1. The first kappa shape index (κ1) is 11.2. The van der Waals surface area contributed by atoms with Crippen molar-refractivity contribution in [3.05, 3.63) is 34.9 Å². The van der Waals surface area contributed by atoms with Crippen molar-refractivity contribution in [2.24, 2.45) is 11.7 Å². The molecule has 0 saturated heterocycles. The van der Waals surface area contributed by atoms with Crippen LogP contribution in [0.1, 0.15) is 41.9 Å². The minimum absolute atomic E-state index is 0.183. The molecule has 1 aromatic carbocycles. The number of amides is 1. The molecule has 1 unspecified atom stereocenters. The molecule has 0 radical (unpaired) electrons. The van der Waals surface area contributed by atoms with E-state index in [1.54, 1.807) is 0 Å². The van der Waals surface area contributed by atoms with Crippen LogP contribution in [0.5, 0.6) is 0 Å². The molecule has 1 saturated carbocycles. The minimum atomic E-state index is -0.183. The first-order valence-electron chi connectivity index (χ1n) is 5.93. The SMILES string of the molecule is Cc1ccc(C(CC(N)=O)C2CC2)c(C)c1. The molecule has 16 heavy (non-hydrogen) atoms. The van der Waals surface area contributed by atoms with Crippen LogP contribution < -0.4 is 5.73 Å².